The highest BCUT2D eigenvalue weighted by Crippen LogP contribution is 2.31. The molecular weight excluding hydrogens is 404 g/mol. The van der Waals surface area contributed by atoms with Crippen LogP contribution in [0.25, 0.3) is 0 Å². The molecule has 0 saturated carbocycles. The summed E-state index contributed by atoms with van der Waals surface area (Å²) in [6.45, 7) is 9.26. The Balaban J connectivity index is 1.75. The lowest BCUT2D eigenvalue weighted by atomic mass is 10.0. The first-order chi connectivity index (χ1) is 15.3. The first-order valence-corrected chi connectivity index (χ1v) is 11.3. The third-order valence-corrected chi connectivity index (χ3v) is 5.31. The van der Waals surface area contributed by atoms with E-state index in [1.165, 1.54) is 0 Å². The number of nitrogens with zero attached hydrogens (tertiary/aromatic N) is 1. The molecule has 0 spiro atoms. The lowest BCUT2D eigenvalue weighted by Crippen LogP contribution is -2.53. The normalized spacial score (nSPS) is 13.9. The monoisotopic (exact) mass is 438 g/mol. The summed E-state index contributed by atoms with van der Waals surface area (Å²) in [6.07, 6.45) is 1.42. The van der Waals surface area contributed by atoms with Crippen LogP contribution in [0.3, 0.4) is 0 Å². The van der Waals surface area contributed by atoms with Gasteiger partial charge in [0.2, 0.25) is 11.8 Å². The van der Waals surface area contributed by atoms with Crippen LogP contribution in [0, 0.1) is 0 Å². The molecule has 0 bridgehead atoms. The summed E-state index contributed by atoms with van der Waals surface area (Å²) in [4.78, 5) is 28.1. The Hall–Kier alpha value is -3.02. The van der Waals surface area contributed by atoms with Gasteiger partial charge in [-0.2, -0.15) is 0 Å². The van der Waals surface area contributed by atoms with Gasteiger partial charge in [0.1, 0.15) is 19.3 Å². The highest BCUT2D eigenvalue weighted by molar-refractivity contribution is 5.88. The molecule has 32 heavy (non-hydrogen) atoms. The highest BCUT2D eigenvalue weighted by Gasteiger charge is 2.30. The van der Waals surface area contributed by atoms with Crippen molar-refractivity contribution in [2.75, 3.05) is 13.2 Å². The van der Waals surface area contributed by atoms with Gasteiger partial charge in [0, 0.05) is 18.5 Å². The van der Waals surface area contributed by atoms with E-state index in [2.05, 4.69) is 5.32 Å². The summed E-state index contributed by atoms with van der Waals surface area (Å²) in [6, 6.07) is 15.1. The largest absolute Gasteiger partial charge is 0.486 e. The molecule has 1 heterocycles. The summed E-state index contributed by atoms with van der Waals surface area (Å²) < 4.78 is 11.2. The first kappa shape index (κ1) is 23.6. The molecule has 0 unspecified atom stereocenters. The molecule has 1 atom stereocenters. The van der Waals surface area contributed by atoms with Gasteiger partial charge in [0.25, 0.3) is 0 Å². The van der Waals surface area contributed by atoms with E-state index in [4.69, 9.17) is 9.47 Å². The van der Waals surface area contributed by atoms with E-state index in [0.29, 0.717) is 39.0 Å². The second kappa shape index (κ2) is 10.5. The molecule has 0 saturated heterocycles. The fraction of sp³-hybridized carbons (Fsp3) is 0.462. The minimum Gasteiger partial charge on any atom is -0.486 e. The molecule has 1 aliphatic heterocycles. The van der Waals surface area contributed by atoms with Gasteiger partial charge >= 0.3 is 0 Å². The van der Waals surface area contributed by atoms with Crippen LogP contribution in [0.15, 0.2) is 48.5 Å². The van der Waals surface area contributed by atoms with Crippen molar-refractivity contribution in [2.45, 2.75) is 65.1 Å². The molecule has 0 aromatic heterocycles. The maximum absolute atomic E-state index is 13.4. The minimum absolute atomic E-state index is 0.0420. The molecule has 0 aliphatic carbocycles. The van der Waals surface area contributed by atoms with E-state index < -0.39 is 6.04 Å². The third-order valence-electron chi connectivity index (χ3n) is 5.31. The van der Waals surface area contributed by atoms with Crippen molar-refractivity contribution in [1.82, 2.24) is 10.2 Å². The van der Waals surface area contributed by atoms with Gasteiger partial charge in [-0.15, -0.1) is 0 Å². The highest BCUT2D eigenvalue weighted by atomic mass is 16.6. The van der Waals surface area contributed by atoms with E-state index in [9.17, 15) is 9.59 Å². The molecule has 0 fully saturated rings. The van der Waals surface area contributed by atoms with Crippen molar-refractivity contribution in [1.29, 1.82) is 0 Å². The Kier molecular flexibility index (Phi) is 7.78. The van der Waals surface area contributed by atoms with Crippen molar-refractivity contribution in [3.8, 4) is 11.5 Å². The smallest absolute Gasteiger partial charge is 0.243 e. The molecule has 6 nitrogen and oxygen atoms in total. The number of benzene rings is 2. The molecule has 3 rings (SSSR count). The zero-order valence-electron chi connectivity index (χ0n) is 19.5. The van der Waals surface area contributed by atoms with Gasteiger partial charge in [-0.25, -0.2) is 0 Å². The third kappa shape index (κ3) is 6.49. The SMILES string of the molecule is CC[C@H](C(=O)NC(C)(C)C)N(Cc1ccccc1)C(=O)CCc1ccc2c(c1)OCCO2. The molecule has 2 amide bonds. The molecule has 2 aromatic carbocycles. The minimum atomic E-state index is -0.526. The Morgan fingerprint density at radius 3 is 2.34 bits per heavy atom. The first-order valence-electron chi connectivity index (χ1n) is 11.3. The Morgan fingerprint density at radius 2 is 1.69 bits per heavy atom. The molecule has 0 radical (unpaired) electrons. The fourth-order valence-corrected chi connectivity index (χ4v) is 3.79. The second-order valence-corrected chi connectivity index (χ2v) is 9.15. The maximum Gasteiger partial charge on any atom is 0.243 e. The van der Waals surface area contributed by atoms with Crippen LogP contribution in [0.4, 0.5) is 0 Å². The lowest BCUT2D eigenvalue weighted by Gasteiger charge is -2.33. The number of fused-ring (bicyclic) bond motifs is 1. The van der Waals surface area contributed by atoms with Crippen molar-refractivity contribution in [2.24, 2.45) is 0 Å². The Labute approximate surface area is 190 Å². The number of rotatable bonds is 8. The van der Waals surface area contributed by atoms with Crippen molar-refractivity contribution < 1.29 is 19.1 Å². The number of ether oxygens (including phenoxy) is 2. The summed E-state index contributed by atoms with van der Waals surface area (Å²) >= 11 is 0. The lowest BCUT2D eigenvalue weighted by molar-refractivity contribution is -0.142. The van der Waals surface area contributed by atoms with Gasteiger partial charge < -0.3 is 19.7 Å². The van der Waals surface area contributed by atoms with Crippen molar-refractivity contribution >= 4 is 11.8 Å². The van der Waals surface area contributed by atoms with E-state index >= 15 is 0 Å². The standard InChI is InChI=1S/C26H34N2O4/c1-5-21(25(30)27-26(2,3)4)28(18-20-9-7-6-8-10-20)24(29)14-12-19-11-13-22-23(17-19)32-16-15-31-22/h6-11,13,17,21H,5,12,14-16,18H2,1-4H3,(H,27,30)/t21-/m1/s1. The molecule has 6 heteroatoms. The number of hydrogen-bond acceptors (Lipinski definition) is 4. The number of carbonyl (C=O) groups excluding carboxylic acids is 2. The second-order valence-electron chi connectivity index (χ2n) is 9.15. The zero-order valence-corrected chi connectivity index (χ0v) is 19.5. The van der Waals surface area contributed by atoms with Gasteiger partial charge in [-0.3, -0.25) is 9.59 Å². The van der Waals surface area contributed by atoms with E-state index in [1.807, 2.05) is 76.2 Å². The summed E-state index contributed by atoms with van der Waals surface area (Å²) in [5.41, 5.74) is 1.65. The zero-order chi connectivity index (χ0) is 23.1. The molecule has 2 aromatic rings. The van der Waals surface area contributed by atoms with Crippen LogP contribution >= 0.6 is 0 Å². The van der Waals surface area contributed by atoms with Crippen LogP contribution in [-0.2, 0) is 22.6 Å². The molecule has 172 valence electrons. The molecule has 1 N–H and O–H groups in total. The molecule has 1 aliphatic rings. The van der Waals surface area contributed by atoms with Gasteiger partial charge in [0.05, 0.1) is 0 Å². The number of aryl methyl sites for hydroxylation is 1. The average molecular weight is 439 g/mol. The topological polar surface area (TPSA) is 67.9 Å². The summed E-state index contributed by atoms with van der Waals surface area (Å²) in [5.74, 6) is 1.29. The van der Waals surface area contributed by atoms with Crippen LogP contribution < -0.4 is 14.8 Å². The van der Waals surface area contributed by atoms with Gasteiger partial charge in [0.15, 0.2) is 11.5 Å². The average Bonchev–Trinajstić information content (AvgIpc) is 2.76. The number of nitrogens with one attached hydrogen (secondary N) is 1. The Morgan fingerprint density at radius 1 is 1.00 bits per heavy atom. The van der Waals surface area contributed by atoms with E-state index in [0.717, 1.165) is 22.6 Å². The van der Waals surface area contributed by atoms with Crippen LogP contribution in [0.1, 0.15) is 51.7 Å². The fourth-order valence-electron chi connectivity index (χ4n) is 3.79. The maximum atomic E-state index is 13.4. The van der Waals surface area contributed by atoms with Crippen molar-refractivity contribution in [3.05, 3.63) is 59.7 Å². The molecular formula is C26H34N2O4. The van der Waals surface area contributed by atoms with Crippen LogP contribution in [-0.4, -0.2) is 41.5 Å². The van der Waals surface area contributed by atoms with Crippen molar-refractivity contribution in [3.63, 3.8) is 0 Å². The van der Waals surface area contributed by atoms with Gasteiger partial charge in [-0.05, 0) is 56.9 Å². The van der Waals surface area contributed by atoms with Crippen LogP contribution in [0.2, 0.25) is 0 Å². The summed E-state index contributed by atoms with van der Waals surface area (Å²) in [5, 5.41) is 3.04. The van der Waals surface area contributed by atoms with Crippen LogP contribution in [0.5, 0.6) is 11.5 Å². The van der Waals surface area contributed by atoms with E-state index in [1.54, 1.807) is 4.90 Å². The Bertz CT molecular complexity index is 921. The quantitative estimate of drug-likeness (QED) is 0.673. The van der Waals surface area contributed by atoms with Gasteiger partial charge in [-0.1, -0.05) is 43.3 Å². The number of hydrogen-bond donors (Lipinski definition) is 1. The number of amides is 2. The van der Waals surface area contributed by atoms with E-state index in [-0.39, 0.29) is 17.4 Å². The predicted octanol–water partition coefficient (Wildman–Crippen LogP) is 4.11. The predicted molar refractivity (Wildman–Crippen MR) is 125 cm³/mol. The number of carbonyl (C=O) groups is 2. The summed E-state index contributed by atoms with van der Waals surface area (Å²) in [7, 11) is 0.